The van der Waals surface area contributed by atoms with Gasteiger partial charge < -0.3 is 24.8 Å². The maximum Gasteiger partial charge on any atom is 0.243 e. The predicted molar refractivity (Wildman–Crippen MR) is 138 cm³/mol. The molecule has 1 fully saturated rings. The number of thiophene rings is 1. The van der Waals surface area contributed by atoms with Crippen LogP contribution in [0.2, 0.25) is 10.0 Å². The first-order valence-electron chi connectivity index (χ1n) is 10.7. The number of aromatic nitrogens is 1. The van der Waals surface area contributed by atoms with Crippen LogP contribution in [0.5, 0.6) is 11.5 Å². The van der Waals surface area contributed by atoms with E-state index in [9.17, 15) is 9.59 Å². The van der Waals surface area contributed by atoms with Crippen molar-refractivity contribution in [2.45, 2.75) is 18.5 Å². The van der Waals surface area contributed by atoms with Gasteiger partial charge in [-0.05, 0) is 30.7 Å². The highest BCUT2D eigenvalue weighted by Crippen LogP contribution is 2.42. The number of methoxy groups -OCH3 is 2. The molecule has 0 saturated carbocycles. The number of pyridine rings is 1. The van der Waals surface area contributed by atoms with Gasteiger partial charge in [0.15, 0.2) is 0 Å². The lowest BCUT2D eigenvalue weighted by Gasteiger charge is -2.32. The van der Waals surface area contributed by atoms with Gasteiger partial charge in [-0.15, -0.1) is 11.3 Å². The lowest BCUT2D eigenvalue weighted by atomic mass is 10.0. The first kappa shape index (κ1) is 25.2. The van der Waals surface area contributed by atoms with E-state index in [-0.39, 0.29) is 50.9 Å². The van der Waals surface area contributed by atoms with Gasteiger partial charge in [-0.1, -0.05) is 29.8 Å². The number of carbonyl (C=O) groups excluding carboxylic acids is 2. The van der Waals surface area contributed by atoms with Crippen LogP contribution in [0.4, 0.5) is 5.82 Å². The normalized spacial score (nSPS) is 17.6. The molecule has 184 valence electrons. The van der Waals surface area contributed by atoms with E-state index in [1.54, 1.807) is 6.07 Å². The summed E-state index contributed by atoms with van der Waals surface area (Å²) in [6, 6.07) is 6.63. The second-order valence-corrected chi connectivity index (χ2v) is 9.58. The van der Waals surface area contributed by atoms with E-state index in [0.29, 0.717) is 35.8 Å². The van der Waals surface area contributed by atoms with Crippen molar-refractivity contribution in [3.8, 4) is 11.5 Å². The van der Waals surface area contributed by atoms with Gasteiger partial charge in [0.1, 0.15) is 17.3 Å². The average Bonchev–Trinajstić information content (AvgIpc) is 3.29. The molecule has 2 unspecified atom stereocenters. The highest BCUT2D eigenvalue weighted by Gasteiger charge is 2.28. The molecule has 2 atom stereocenters. The second-order valence-electron chi connectivity index (χ2n) is 7.74. The van der Waals surface area contributed by atoms with E-state index in [4.69, 9.17) is 37.4 Å². The summed E-state index contributed by atoms with van der Waals surface area (Å²) < 4.78 is 16.9. The SMILES string of the molecule is C=CC(=O)NC1CCOCC1Nc1ccc2sc(C(=O)c3c(Cl)c(OC)cc(OC)c3Cl)cc2n1. The minimum Gasteiger partial charge on any atom is -0.495 e. The zero-order valence-electron chi connectivity index (χ0n) is 19.0. The molecule has 0 radical (unpaired) electrons. The molecule has 2 N–H and O–H groups in total. The third-order valence-electron chi connectivity index (χ3n) is 5.60. The Kier molecular flexibility index (Phi) is 7.81. The smallest absolute Gasteiger partial charge is 0.243 e. The van der Waals surface area contributed by atoms with E-state index in [1.807, 2.05) is 12.1 Å². The topological polar surface area (TPSA) is 98.8 Å². The fraction of sp³-hybridized carbons (Fsp3) is 0.292. The first-order valence-corrected chi connectivity index (χ1v) is 12.3. The highest BCUT2D eigenvalue weighted by atomic mass is 35.5. The van der Waals surface area contributed by atoms with E-state index in [2.05, 4.69) is 22.2 Å². The van der Waals surface area contributed by atoms with Gasteiger partial charge in [-0.3, -0.25) is 9.59 Å². The fourth-order valence-electron chi connectivity index (χ4n) is 3.81. The van der Waals surface area contributed by atoms with E-state index in [0.717, 1.165) is 4.70 Å². The molecular weight excluding hydrogens is 513 g/mol. The Hall–Kier alpha value is -2.85. The van der Waals surface area contributed by atoms with Crippen molar-refractivity contribution in [2.75, 3.05) is 32.8 Å². The van der Waals surface area contributed by atoms with Crippen molar-refractivity contribution in [2.24, 2.45) is 0 Å². The number of fused-ring (bicyclic) bond motifs is 1. The molecule has 0 spiro atoms. The molecule has 1 amide bonds. The number of anilines is 1. The van der Waals surface area contributed by atoms with Crippen LogP contribution in [-0.4, -0.2) is 56.2 Å². The molecule has 0 bridgehead atoms. The number of hydrogen-bond acceptors (Lipinski definition) is 8. The monoisotopic (exact) mass is 535 g/mol. The van der Waals surface area contributed by atoms with Crippen molar-refractivity contribution >= 4 is 62.3 Å². The van der Waals surface area contributed by atoms with Crippen molar-refractivity contribution < 1.29 is 23.8 Å². The van der Waals surface area contributed by atoms with Crippen molar-refractivity contribution in [1.82, 2.24) is 10.3 Å². The molecule has 8 nitrogen and oxygen atoms in total. The number of benzene rings is 1. The Balaban J connectivity index is 1.62. The standard InChI is InChI=1S/C24H23Cl2N3O5S/c1-4-20(30)29-12-7-8-34-11-14(12)28-19-6-5-17-13(27-19)9-18(35-17)24(31)21-22(25)15(32-2)10-16(33-3)23(21)26/h4-6,9-10,12,14H,1,7-8,11H2,2-3H3,(H,27,28)(H,29,30). The molecular formula is C24H23Cl2N3O5S. The number of ether oxygens (including phenoxy) is 3. The molecule has 0 aliphatic carbocycles. The summed E-state index contributed by atoms with van der Waals surface area (Å²) in [6.07, 6.45) is 1.92. The fourth-order valence-corrected chi connectivity index (χ4v) is 5.43. The summed E-state index contributed by atoms with van der Waals surface area (Å²) >= 11 is 14.1. The number of nitrogens with zero attached hydrogens (tertiary/aromatic N) is 1. The Bertz CT molecular complexity index is 1270. The molecule has 2 aromatic heterocycles. The maximum absolute atomic E-state index is 13.4. The summed E-state index contributed by atoms with van der Waals surface area (Å²) in [5.74, 6) is 0.577. The third-order valence-corrected chi connectivity index (χ3v) is 7.44. The number of amides is 1. The number of carbonyl (C=O) groups is 2. The van der Waals surface area contributed by atoms with Gasteiger partial charge in [-0.2, -0.15) is 0 Å². The van der Waals surface area contributed by atoms with E-state index in [1.165, 1.54) is 37.7 Å². The quantitative estimate of drug-likeness (QED) is 0.318. The van der Waals surface area contributed by atoms with Crippen molar-refractivity contribution in [1.29, 1.82) is 0 Å². The average molecular weight is 536 g/mol. The molecule has 3 aromatic rings. The number of rotatable bonds is 8. The largest absolute Gasteiger partial charge is 0.495 e. The predicted octanol–water partition coefficient (Wildman–Crippen LogP) is 4.72. The zero-order chi connectivity index (χ0) is 25.1. The van der Waals surface area contributed by atoms with Gasteiger partial charge in [0, 0.05) is 12.7 Å². The number of nitrogens with one attached hydrogen (secondary N) is 2. The lowest BCUT2D eigenvalue weighted by molar-refractivity contribution is -0.117. The number of halogens is 2. The van der Waals surface area contributed by atoms with Crippen LogP contribution < -0.4 is 20.1 Å². The zero-order valence-corrected chi connectivity index (χ0v) is 21.4. The van der Waals surface area contributed by atoms with Crippen LogP contribution in [0.1, 0.15) is 21.7 Å². The third kappa shape index (κ3) is 5.23. The summed E-state index contributed by atoms with van der Waals surface area (Å²) in [6.45, 7) is 4.48. The van der Waals surface area contributed by atoms with E-state index < -0.39 is 0 Å². The first-order chi connectivity index (χ1) is 16.9. The molecule has 1 aliphatic rings. The van der Waals surface area contributed by atoms with Crippen LogP contribution in [0.3, 0.4) is 0 Å². The molecule has 3 heterocycles. The Morgan fingerprint density at radius 1 is 1.17 bits per heavy atom. The van der Waals surface area contributed by atoms with E-state index >= 15 is 0 Å². The number of hydrogen-bond donors (Lipinski definition) is 2. The minimum atomic E-state index is -0.359. The number of ketones is 1. The van der Waals surface area contributed by atoms with Gasteiger partial charge in [0.05, 0.1) is 63.6 Å². The van der Waals surface area contributed by atoms with Gasteiger partial charge in [-0.25, -0.2) is 4.98 Å². The molecule has 1 aromatic carbocycles. The Morgan fingerprint density at radius 3 is 2.54 bits per heavy atom. The van der Waals surface area contributed by atoms with Crippen LogP contribution in [0.25, 0.3) is 10.2 Å². The van der Waals surface area contributed by atoms with Gasteiger partial charge >= 0.3 is 0 Å². The van der Waals surface area contributed by atoms with Gasteiger partial charge in [0.2, 0.25) is 11.7 Å². The Morgan fingerprint density at radius 2 is 1.89 bits per heavy atom. The van der Waals surface area contributed by atoms with Crippen LogP contribution >= 0.6 is 34.5 Å². The molecule has 1 aliphatic heterocycles. The van der Waals surface area contributed by atoms with Crippen molar-refractivity contribution in [3.63, 3.8) is 0 Å². The molecule has 35 heavy (non-hydrogen) atoms. The van der Waals surface area contributed by atoms with Crippen LogP contribution in [0.15, 0.2) is 36.9 Å². The lowest BCUT2D eigenvalue weighted by Crippen LogP contribution is -2.52. The van der Waals surface area contributed by atoms with Crippen molar-refractivity contribution in [3.05, 3.63) is 57.4 Å². The molecule has 1 saturated heterocycles. The molecule has 11 heteroatoms. The summed E-state index contributed by atoms with van der Waals surface area (Å²) in [4.78, 5) is 30.3. The van der Waals surface area contributed by atoms with Gasteiger partial charge in [0.25, 0.3) is 0 Å². The Labute approximate surface area is 216 Å². The summed E-state index contributed by atoms with van der Waals surface area (Å²) in [5, 5.41) is 6.48. The maximum atomic E-state index is 13.4. The second kappa shape index (κ2) is 10.8. The summed E-state index contributed by atoms with van der Waals surface area (Å²) in [7, 11) is 2.90. The van der Waals surface area contributed by atoms with Crippen LogP contribution in [0, 0.1) is 0 Å². The minimum absolute atomic E-state index is 0.106. The highest BCUT2D eigenvalue weighted by molar-refractivity contribution is 7.21. The summed E-state index contributed by atoms with van der Waals surface area (Å²) in [5.41, 5.74) is 0.739. The molecule has 4 rings (SSSR count). The van der Waals surface area contributed by atoms with Crippen LogP contribution in [-0.2, 0) is 9.53 Å².